The van der Waals surface area contributed by atoms with Crippen molar-refractivity contribution in [2.45, 2.75) is 85.2 Å². The van der Waals surface area contributed by atoms with Gasteiger partial charge in [-0.05, 0) is 56.7 Å². The third-order valence-corrected chi connectivity index (χ3v) is 6.37. The number of piperidine rings is 1. The predicted octanol–water partition coefficient (Wildman–Crippen LogP) is 5.65. The molecule has 1 aromatic rings. The molecule has 0 bridgehead atoms. The predicted molar refractivity (Wildman–Crippen MR) is 129 cm³/mol. The van der Waals surface area contributed by atoms with Gasteiger partial charge in [-0.25, -0.2) is 0 Å². The molecular weight excluding hydrogens is 400 g/mol. The van der Waals surface area contributed by atoms with Gasteiger partial charge in [-0.15, -0.1) is 0 Å². The van der Waals surface area contributed by atoms with Crippen LogP contribution in [-0.4, -0.2) is 47.4 Å². The molecule has 2 aliphatic heterocycles. The summed E-state index contributed by atoms with van der Waals surface area (Å²) in [7, 11) is 0. The SMILES string of the molecule is CCCCCCCCN1C(=O)C(c2ccc(OC(C)C)cc2)=C(N2CCCC(C)C2)C1=O. The van der Waals surface area contributed by atoms with E-state index < -0.39 is 0 Å². The van der Waals surface area contributed by atoms with Crippen molar-refractivity contribution in [1.82, 2.24) is 9.80 Å². The highest BCUT2D eigenvalue weighted by molar-refractivity contribution is 6.35. The molecule has 0 aliphatic carbocycles. The zero-order valence-electron chi connectivity index (χ0n) is 20.4. The maximum absolute atomic E-state index is 13.5. The number of likely N-dealkylation sites (tertiary alicyclic amines) is 1. The molecular formula is C27H40N2O3. The van der Waals surface area contributed by atoms with Crippen LogP contribution in [0.4, 0.5) is 0 Å². The molecule has 1 atom stereocenters. The van der Waals surface area contributed by atoms with Crippen molar-refractivity contribution < 1.29 is 14.3 Å². The molecule has 1 saturated heterocycles. The largest absolute Gasteiger partial charge is 0.491 e. The Morgan fingerprint density at radius 1 is 1.00 bits per heavy atom. The van der Waals surface area contributed by atoms with E-state index in [-0.39, 0.29) is 17.9 Å². The van der Waals surface area contributed by atoms with Crippen molar-refractivity contribution in [3.8, 4) is 5.75 Å². The summed E-state index contributed by atoms with van der Waals surface area (Å²) in [5, 5.41) is 0. The molecule has 1 aromatic carbocycles. The molecule has 1 unspecified atom stereocenters. The van der Waals surface area contributed by atoms with Gasteiger partial charge in [0.25, 0.3) is 11.8 Å². The Hall–Kier alpha value is -2.30. The van der Waals surface area contributed by atoms with Gasteiger partial charge in [0.1, 0.15) is 11.4 Å². The van der Waals surface area contributed by atoms with Crippen molar-refractivity contribution in [1.29, 1.82) is 0 Å². The van der Waals surface area contributed by atoms with E-state index in [0.29, 0.717) is 23.7 Å². The summed E-state index contributed by atoms with van der Waals surface area (Å²) in [5.41, 5.74) is 1.97. The summed E-state index contributed by atoms with van der Waals surface area (Å²) in [6.45, 7) is 10.6. The highest BCUT2D eigenvalue weighted by Gasteiger charge is 2.41. The lowest BCUT2D eigenvalue weighted by molar-refractivity contribution is -0.137. The fourth-order valence-electron chi connectivity index (χ4n) is 4.73. The first-order valence-electron chi connectivity index (χ1n) is 12.5. The van der Waals surface area contributed by atoms with Crippen molar-refractivity contribution >= 4 is 17.4 Å². The van der Waals surface area contributed by atoms with E-state index in [9.17, 15) is 9.59 Å². The molecule has 2 heterocycles. The molecule has 0 saturated carbocycles. The maximum atomic E-state index is 13.5. The smallest absolute Gasteiger partial charge is 0.277 e. The Morgan fingerprint density at radius 3 is 2.34 bits per heavy atom. The standard InChI is InChI=1S/C27H40N2O3/c1-5-6-7-8-9-10-18-29-26(30)24(22-13-15-23(16-14-22)32-20(2)3)25(27(29)31)28-17-11-12-21(4)19-28/h13-16,20-21H,5-12,17-19H2,1-4H3. The van der Waals surface area contributed by atoms with E-state index in [1.54, 1.807) is 0 Å². The Bertz CT molecular complexity index is 813. The first-order valence-corrected chi connectivity index (χ1v) is 12.5. The van der Waals surface area contributed by atoms with Gasteiger partial charge in [0.15, 0.2) is 0 Å². The number of carbonyl (C=O) groups excluding carboxylic acids is 2. The number of benzene rings is 1. The highest BCUT2D eigenvalue weighted by atomic mass is 16.5. The monoisotopic (exact) mass is 440 g/mol. The quantitative estimate of drug-likeness (QED) is 0.330. The Balaban J connectivity index is 1.81. The van der Waals surface area contributed by atoms with Crippen LogP contribution >= 0.6 is 0 Å². The first kappa shape index (κ1) is 24.3. The van der Waals surface area contributed by atoms with Crippen LogP contribution in [-0.2, 0) is 9.59 Å². The molecule has 0 radical (unpaired) electrons. The fourth-order valence-corrected chi connectivity index (χ4v) is 4.73. The van der Waals surface area contributed by atoms with Crippen LogP contribution < -0.4 is 4.74 Å². The van der Waals surface area contributed by atoms with Gasteiger partial charge in [-0.1, -0.05) is 58.1 Å². The summed E-state index contributed by atoms with van der Waals surface area (Å²) < 4.78 is 5.76. The molecule has 32 heavy (non-hydrogen) atoms. The topological polar surface area (TPSA) is 49.9 Å². The summed E-state index contributed by atoms with van der Waals surface area (Å²) in [5.74, 6) is 1.04. The van der Waals surface area contributed by atoms with Gasteiger partial charge in [0, 0.05) is 19.6 Å². The van der Waals surface area contributed by atoms with Crippen LogP contribution in [0.25, 0.3) is 5.57 Å². The number of rotatable bonds is 11. The van der Waals surface area contributed by atoms with Gasteiger partial charge < -0.3 is 9.64 Å². The summed E-state index contributed by atoms with van der Waals surface area (Å²) in [6, 6.07) is 7.62. The third-order valence-electron chi connectivity index (χ3n) is 6.37. The molecule has 0 spiro atoms. The van der Waals surface area contributed by atoms with Crippen molar-refractivity contribution in [3.63, 3.8) is 0 Å². The van der Waals surface area contributed by atoms with Crippen LogP contribution in [0, 0.1) is 5.92 Å². The molecule has 1 fully saturated rings. The van der Waals surface area contributed by atoms with E-state index in [2.05, 4.69) is 18.7 Å². The Labute approximate surface area is 193 Å². The van der Waals surface area contributed by atoms with Gasteiger partial charge in [-0.3, -0.25) is 14.5 Å². The van der Waals surface area contributed by atoms with Crippen LogP contribution in [0.3, 0.4) is 0 Å². The lowest BCUT2D eigenvalue weighted by atomic mass is 9.97. The fraction of sp³-hybridized carbons (Fsp3) is 0.630. The number of carbonyl (C=O) groups is 2. The van der Waals surface area contributed by atoms with Crippen LogP contribution in [0.15, 0.2) is 30.0 Å². The van der Waals surface area contributed by atoms with Crippen LogP contribution in [0.2, 0.25) is 0 Å². The minimum absolute atomic E-state index is 0.0907. The second-order valence-corrected chi connectivity index (χ2v) is 9.64. The number of hydrogen-bond acceptors (Lipinski definition) is 4. The van der Waals surface area contributed by atoms with Crippen LogP contribution in [0.5, 0.6) is 5.75 Å². The van der Waals surface area contributed by atoms with Crippen molar-refractivity contribution in [3.05, 3.63) is 35.5 Å². The lowest BCUT2D eigenvalue weighted by Crippen LogP contribution is -2.39. The van der Waals surface area contributed by atoms with E-state index in [1.807, 2.05) is 38.1 Å². The van der Waals surface area contributed by atoms with Crippen molar-refractivity contribution in [2.24, 2.45) is 5.92 Å². The van der Waals surface area contributed by atoms with Gasteiger partial charge in [0.05, 0.1) is 11.7 Å². The minimum Gasteiger partial charge on any atom is -0.491 e. The molecule has 176 valence electrons. The number of ether oxygens (including phenoxy) is 1. The zero-order chi connectivity index (χ0) is 23.1. The Morgan fingerprint density at radius 2 is 1.69 bits per heavy atom. The molecule has 0 N–H and O–H groups in total. The molecule has 2 aliphatic rings. The number of hydrogen-bond donors (Lipinski definition) is 0. The van der Waals surface area contributed by atoms with E-state index >= 15 is 0 Å². The molecule has 3 rings (SSSR count). The maximum Gasteiger partial charge on any atom is 0.277 e. The lowest BCUT2D eigenvalue weighted by Gasteiger charge is -2.33. The van der Waals surface area contributed by atoms with Gasteiger partial charge >= 0.3 is 0 Å². The van der Waals surface area contributed by atoms with Crippen LogP contribution in [0.1, 0.15) is 84.6 Å². The molecule has 2 amide bonds. The second-order valence-electron chi connectivity index (χ2n) is 9.64. The molecule has 5 heteroatoms. The average Bonchev–Trinajstić information content (AvgIpc) is 3.01. The van der Waals surface area contributed by atoms with Crippen molar-refractivity contribution in [2.75, 3.05) is 19.6 Å². The summed E-state index contributed by atoms with van der Waals surface area (Å²) >= 11 is 0. The minimum atomic E-state index is -0.144. The van der Waals surface area contributed by atoms with E-state index in [0.717, 1.165) is 50.1 Å². The summed E-state index contributed by atoms with van der Waals surface area (Å²) in [4.78, 5) is 30.6. The first-order chi connectivity index (χ1) is 15.4. The second kappa shape index (κ2) is 11.5. The highest BCUT2D eigenvalue weighted by Crippen LogP contribution is 2.34. The average molecular weight is 441 g/mol. The van der Waals surface area contributed by atoms with Gasteiger partial charge in [-0.2, -0.15) is 0 Å². The van der Waals surface area contributed by atoms with E-state index in [1.165, 1.54) is 30.6 Å². The third kappa shape index (κ3) is 5.93. The van der Waals surface area contributed by atoms with E-state index in [4.69, 9.17) is 4.74 Å². The number of nitrogens with zero attached hydrogens (tertiary/aromatic N) is 2. The summed E-state index contributed by atoms with van der Waals surface area (Å²) in [6.07, 6.45) is 9.11. The zero-order valence-corrected chi connectivity index (χ0v) is 20.4. The van der Waals surface area contributed by atoms with Gasteiger partial charge in [0.2, 0.25) is 0 Å². The number of imide groups is 1. The molecule has 0 aromatic heterocycles. The number of unbranched alkanes of at least 4 members (excludes halogenated alkanes) is 5. The normalized spacial score (nSPS) is 19.5. The number of amides is 2. The molecule has 5 nitrogen and oxygen atoms in total. The Kier molecular flexibility index (Phi) is 8.77.